The molecule has 168 valence electrons. The zero-order valence-electron chi connectivity index (χ0n) is 15.9. The fourth-order valence-electron chi connectivity index (χ4n) is 2.30. The molecule has 0 aliphatic rings. The van der Waals surface area contributed by atoms with E-state index in [1.807, 2.05) is 0 Å². The van der Waals surface area contributed by atoms with Crippen molar-refractivity contribution in [1.82, 2.24) is 0 Å². The van der Waals surface area contributed by atoms with Gasteiger partial charge in [0.15, 0.2) is 5.78 Å². The number of allylic oxidation sites excluding steroid dienone is 2. The van der Waals surface area contributed by atoms with Crippen LogP contribution in [0.25, 0.3) is 12.2 Å². The van der Waals surface area contributed by atoms with E-state index in [1.165, 1.54) is 48.5 Å². The van der Waals surface area contributed by atoms with Crippen LogP contribution in [0.3, 0.4) is 0 Å². The third-order valence-corrected chi connectivity index (χ3v) is 3.79. The molecule has 0 heterocycles. The van der Waals surface area contributed by atoms with Crippen LogP contribution in [-0.2, 0) is 14.4 Å². The average Bonchev–Trinajstić information content (AvgIpc) is 2.71. The van der Waals surface area contributed by atoms with E-state index in [9.17, 15) is 40.7 Å². The Balaban J connectivity index is 2.15. The van der Waals surface area contributed by atoms with E-state index in [4.69, 9.17) is 0 Å². The monoisotopic (exact) mass is 456 g/mol. The first kappa shape index (κ1) is 24.4. The molecule has 0 spiro atoms. The maximum Gasteiger partial charge on any atom is 0.471 e. The van der Waals surface area contributed by atoms with E-state index in [2.05, 4.69) is 0 Å². The predicted molar refractivity (Wildman–Crippen MR) is 105 cm³/mol. The quantitative estimate of drug-likeness (QED) is 0.476. The molecular weight excluding hydrogens is 442 g/mol. The first-order valence-electron chi connectivity index (χ1n) is 8.72. The van der Waals surface area contributed by atoms with E-state index in [1.54, 1.807) is 10.6 Å². The first-order valence-corrected chi connectivity index (χ1v) is 8.72. The number of para-hydroxylation sites is 2. The highest BCUT2D eigenvalue weighted by atomic mass is 19.4. The molecule has 0 radical (unpaired) electrons. The van der Waals surface area contributed by atoms with Crippen molar-refractivity contribution in [2.75, 3.05) is 10.6 Å². The molecule has 0 fully saturated rings. The summed E-state index contributed by atoms with van der Waals surface area (Å²) in [5, 5.41) is 3.39. The van der Waals surface area contributed by atoms with Gasteiger partial charge in [0.05, 0.1) is 0 Å². The number of anilines is 2. The molecule has 0 atom stereocenters. The number of hydrogen-bond donors (Lipinski definition) is 2. The van der Waals surface area contributed by atoms with E-state index >= 15 is 0 Å². The summed E-state index contributed by atoms with van der Waals surface area (Å²) in [6, 6.07) is 10.9. The molecule has 0 saturated carbocycles. The topological polar surface area (TPSA) is 75.3 Å². The van der Waals surface area contributed by atoms with Crippen LogP contribution in [0.4, 0.5) is 37.7 Å². The van der Waals surface area contributed by atoms with Crippen LogP contribution in [0.1, 0.15) is 11.1 Å². The van der Waals surface area contributed by atoms with Crippen molar-refractivity contribution in [2.45, 2.75) is 12.4 Å². The number of rotatable bonds is 6. The maximum absolute atomic E-state index is 12.4. The molecule has 2 amide bonds. The lowest BCUT2D eigenvalue weighted by molar-refractivity contribution is -0.167. The summed E-state index contributed by atoms with van der Waals surface area (Å²) < 4.78 is 74.6. The standard InChI is InChI=1S/C21H14F6N2O3/c22-20(23,24)18(31)28-16-7-3-1-5-13(16)9-11-15(30)12-10-14-6-2-4-8-17(14)29-19(32)21(25,26)27/h1-12H,(H,28,31)(H,29,32). The second-order valence-electron chi connectivity index (χ2n) is 6.15. The Bertz CT molecular complexity index is 988. The van der Waals surface area contributed by atoms with Crippen molar-refractivity contribution in [3.8, 4) is 0 Å². The molecular formula is C21H14F6N2O3. The first-order chi connectivity index (χ1) is 14.9. The zero-order chi connectivity index (χ0) is 23.9. The van der Waals surface area contributed by atoms with Crippen molar-refractivity contribution < 1.29 is 40.7 Å². The van der Waals surface area contributed by atoms with E-state index in [0.29, 0.717) is 0 Å². The van der Waals surface area contributed by atoms with Gasteiger partial charge in [-0.1, -0.05) is 36.4 Å². The minimum absolute atomic E-state index is 0.115. The minimum Gasteiger partial charge on any atom is -0.318 e. The number of amides is 2. The number of carbonyl (C=O) groups is 3. The van der Waals surface area contributed by atoms with Gasteiger partial charge in [0.2, 0.25) is 0 Å². The molecule has 11 heteroatoms. The largest absolute Gasteiger partial charge is 0.471 e. The van der Waals surface area contributed by atoms with E-state index in [0.717, 1.165) is 24.3 Å². The van der Waals surface area contributed by atoms with Gasteiger partial charge in [-0.15, -0.1) is 0 Å². The maximum atomic E-state index is 12.4. The molecule has 0 aromatic heterocycles. The Morgan fingerprint density at radius 2 is 0.969 bits per heavy atom. The fourth-order valence-corrected chi connectivity index (χ4v) is 2.30. The molecule has 0 saturated heterocycles. The van der Waals surface area contributed by atoms with Gasteiger partial charge < -0.3 is 10.6 Å². The number of nitrogens with one attached hydrogen (secondary N) is 2. The second-order valence-corrected chi connectivity index (χ2v) is 6.15. The Morgan fingerprint density at radius 3 is 1.31 bits per heavy atom. The Morgan fingerprint density at radius 1 is 0.625 bits per heavy atom. The number of carbonyl (C=O) groups excluding carboxylic acids is 3. The molecule has 2 N–H and O–H groups in total. The highest BCUT2D eigenvalue weighted by Gasteiger charge is 2.39. The van der Waals surface area contributed by atoms with Crippen molar-refractivity contribution in [1.29, 1.82) is 0 Å². The van der Waals surface area contributed by atoms with E-state index in [-0.39, 0.29) is 22.5 Å². The Hall–Kier alpha value is -3.89. The molecule has 32 heavy (non-hydrogen) atoms. The van der Waals surface area contributed by atoms with Gasteiger partial charge in [-0.2, -0.15) is 26.3 Å². The molecule has 0 unspecified atom stereocenters. The minimum atomic E-state index is -5.09. The average molecular weight is 456 g/mol. The summed E-state index contributed by atoms with van der Waals surface area (Å²) in [6.07, 6.45) is -5.88. The number of benzene rings is 2. The lowest BCUT2D eigenvalue weighted by atomic mass is 10.1. The fraction of sp³-hybridized carbons (Fsp3) is 0.0952. The molecule has 0 aliphatic heterocycles. The highest BCUT2D eigenvalue weighted by molar-refractivity contribution is 6.06. The number of alkyl halides is 6. The van der Waals surface area contributed by atoms with Crippen LogP contribution in [0.2, 0.25) is 0 Å². The summed E-state index contributed by atoms with van der Waals surface area (Å²) in [6.45, 7) is 0. The third-order valence-electron chi connectivity index (χ3n) is 3.79. The third kappa shape index (κ3) is 7.11. The Labute approximate surface area is 177 Å². The van der Waals surface area contributed by atoms with Gasteiger partial charge in [-0.3, -0.25) is 14.4 Å². The summed E-state index contributed by atoms with van der Waals surface area (Å²) >= 11 is 0. The normalized spacial score (nSPS) is 12.2. The van der Waals surface area contributed by atoms with Crippen molar-refractivity contribution >= 4 is 41.1 Å². The highest BCUT2D eigenvalue weighted by Crippen LogP contribution is 2.23. The van der Waals surface area contributed by atoms with Gasteiger partial charge >= 0.3 is 24.2 Å². The van der Waals surface area contributed by atoms with Crippen LogP contribution in [0.15, 0.2) is 60.7 Å². The summed E-state index contributed by atoms with van der Waals surface area (Å²) in [7, 11) is 0. The molecule has 2 aromatic rings. The molecule has 5 nitrogen and oxygen atoms in total. The van der Waals surface area contributed by atoms with Crippen molar-refractivity contribution in [3.63, 3.8) is 0 Å². The second kappa shape index (κ2) is 9.94. The van der Waals surface area contributed by atoms with Gasteiger partial charge in [0, 0.05) is 11.4 Å². The number of halogens is 6. The molecule has 2 aromatic carbocycles. The van der Waals surface area contributed by atoms with Crippen LogP contribution in [0.5, 0.6) is 0 Å². The van der Waals surface area contributed by atoms with Crippen LogP contribution in [0, 0.1) is 0 Å². The lowest BCUT2D eigenvalue weighted by Gasteiger charge is -2.10. The lowest BCUT2D eigenvalue weighted by Crippen LogP contribution is -2.30. The van der Waals surface area contributed by atoms with E-state index < -0.39 is 30.0 Å². The molecule has 0 bridgehead atoms. The predicted octanol–water partition coefficient (Wildman–Crippen LogP) is 4.98. The SMILES string of the molecule is O=C(C=Cc1ccccc1NC(=O)C(F)(F)F)C=Cc1ccccc1NC(=O)C(F)(F)F. The van der Waals surface area contributed by atoms with Gasteiger partial charge in [0.1, 0.15) is 0 Å². The van der Waals surface area contributed by atoms with Crippen LogP contribution in [-0.4, -0.2) is 30.0 Å². The summed E-state index contributed by atoms with van der Waals surface area (Å²) in [4.78, 5) is 34.3. The summed E-state index contributed by atoms with van der Waals surface area (Å²) in [5.41, 5.74) is -0.125. The van der Waals surface area contributed by atoms with Gasteiger partial charge in [0.25, 0.3) is 0 Å². The molecule has 2 rings (SSSR count). The van der Waals surface area contributed by atoms with Crippen molar-refractivity contribution in [3.05, 3.63) is 71.8 Å². The van der Waals surface area contributed by atoms with Gasteiger partial charge in [-0.25, -0.2) is 0 Å². The number of hydrogen-bond acceptors (Lipinski definition) is 3. The Kier molecular flexibility index (Phi) is 7.58. The van der Waals surface area contributed by atoms with Gasteiger partial charge in [-0.05, 0) is 47.6 Å². The zero-order valence-corrected chi connectivity index (χ0v) is 15.9. The van der Waals surface area contributed by atoms with Crippen LogP contribution >= 0.6 is 0 Å². The molecule has 0 aliphatic carbocycles. The summed E-state index contributed by atoms with van der Waals surface area (Å²) in [5.74, 6) is -5.01. The number of ketones is 1. The smallest absolute Gasteiger partial charge is 0.318 e. The van der Waals surface area contributed by atoms with Crippen molar-refractivity contribution in [2.24, 2.45) is 0 Å². The van der Waals surface area contributed by atoms with Crippen LogP contribution < -0.4 is 10.6 Å².